The zero-order valence-electron chi connectivity index (χ0n) is 11.8. The third-order valence-electron chi connectivity index (χ3n) is 3.76. The van der Waals surface area contributed by atoms with Crippen LogP contribution in [0.5, 0.6) is 0 Å². The molecule has 2 heterocycles. The second-order valence-corrected chi connectivity index (χ2v) is 6.19. The molecular formula is C17H12N2O2S. The number of nitrogens with zero attached hydrogens (tertiary/aromatic N) is 2. The molecule has 2 aromatic carbocycles. The fourth-order valence-electron chi connectivity index (χ4n) is 2.62. The molecule has 0 aliphatic heterocycles. The maximum absolute atomic E-state index is 11.1. The molecular weight excluding hydrogens is 296 g/mol. The summed E-state index contributed by atoms with van der Waals surface area (Å²) in [6.07, 6.45) is 2.01. The van der Waals surface area contributed by atoms with Crippen molar-refractivity contribution in [3.05, 3.63) is 59.8 Å². The van der Waals surface area contributed by atoms with E-state index < -0.39 is 5.97 Å². The number of hydrogen-bond acceptors (Lipinski definition) is 3. The van der Waals surface area contributed by atoms with Crippen molar-refractivity contribution in [3.63, 3.8) is 0 Å². The smallest absolute Gasteiger partial charge is 0.335 e. The molecule has 0 bridgehead atoms. The molecule has 0 atom stereocenters. The molecule has 0 aliphatic carbocycles. The summed E-state index contributed by atoms with van der Waals surface area (Å²) in [5.74, 6) is -0.909. The number of imidazole rings is 1. The lowest BCUT2D eigenvalue weighted by Crippen LogP contribution is -1.94. The van der Waals surface area contributed by atoms with Gasteiger partial charge in [0.15, 0.2) is 4.96 Å². The van der Waals surface area contributed by atoms with Gasteiger partial charge in [-0.15, -0.1) is 0 Å². The van der Waals surface area contributed by atoms with Crippen molar-refractivity contribution >= 4 is 32.5 Å². The first-order valence-corrected chi connectivity index (χ1v) is 7.66. The number of thiazole rings is 1. The van der Waals surface area contributed by atoms with Crippen LogP contribution < -0.4 is 0 Å². The van der Waals surface area contributed by atoms with Crippen molar-refractivity contribution < 1.29 is 9.90 Å². The van der Waals surface area contributed by atoms with E-state index in [0.29, 0.717) is 5.56 Å². The van der Waals surface area contributed by atoms with E-state index in [4.69, 9.17) is 5.11 Å². The van der Waals surface area contributed by atoms with Gasteiger partial charge >= 0.3 is 5.97 Å². The van der Waals surface area contributed by atoms with Crippen LogP contribution in [0.1, 0.15) is 15.9 Å². The topological polar surface area (TPSA) is 54.6 Å². The van der Waals surface area contributed by atoms with Crippen LogP contribution in [-0.4, -0.2) is 20.5 Å². The van der Waals surface area contributed by atoms with E-state index >= 15 is 0 Å². The number of hydrogen-bond donors (Lipinski definition) is 1. The highest BCUT2D eigenvalue weighted by Gasteiger charge is 2.13. The van der Waals surface area contributed by atoms with E-state index in [9.17, 15) is 4.79 Å². The Morgan fingerprint density at radius 2 is 2.05 bits per heavy atom. The number of aromatic nitrogens is 2. The van der Waals surface area contributed by atoms with E-state index in [1.54, 1.807) is 12.1 Å². The van der Waals surface area contributed by atoms with Gasteiger partial charge < -0.3 is 5.11 Å². The van der Waals surface area contributed by atoms with Crippen molar-refractivity contribution in [2.24, 2.45) is 0 Å². The maximum atomic E-state index is 11.1. The van der Waals surface area contributed by atoms with Gasteiger partial charge in [0, 0.05) is 11.8 Å². The van der Waals surface area contributed by atoms with Crippen molar-refractivity contribution in [2.45, 2.75) is 6.92 Å². The minimum atomic E-state index is -0.909. The number of benzene rings is 2. The highest BCUT2D eigenvalue weighted by atomic mass is 32.1. The second kappa shape index (κ2) is 4.68. The summed E-state index contributed by atoms with van der Waals surface area (Å²) in [6.45, 7) is 2.07. The summed E-state index contributed by atoms with van der Waals surface area (Å²) in [5, 5.41) is 9.08. The summed E-state index contributed by atoms with van der Waals surface area (Å²) in [5.41, 5.74) is 4.53. The third kappa shape index (κ3) is 1.90. The van der Waals surface area contributed by atoms with Crippen LogP contribution in [0.15, 0.2) is 48.7 Å². The number of carboxylic acids is 1. The zero-order chi connectivity index (χ0) is 15.3. The van der Waals surface area contributed by atoms with Gasteiger partial charge in [-0.25, -0.2) is 9.78 Å². The van der Waals surface area contributed by atoms with Gasteiger partial charge in [0.2, 0.25) is 0 Å². The SMILES string of the molecule is Cc1ccccc1-c1cn2c(n1)sc1cc(C(=O)O)ccc12. The van der Waals surface area contributed by atoms with Crippen molar-refractivity contribution in [1.82, 2.24) is 9.38 Å². The molecule has 0 spiro atoms. The Morgan fingerprint density at radius 3 is 2.82 bits per heavy atom. The van der Waals surface area contributed by atoms with E-state index in [-0.39, 0.29) is 0 Å². The number of aromatic carboxylic acids is 1. The fraction of sp³-hybridized carbons (Fsp3) is 0.0588. The zero-order valence-corrected chi connectivity index (χ0v) is 12.6. The van der Waals surface area contributed by atoms with Gasteiger partial charge in [0.05, 0.1) is 21.5 Å². The summed E-state index contributed by atoms with van der Waals surface area (Å²) >= 11 is 1.50. The Hall–Kier alpha value is -2.66. The Balaban J connectivity index is 1.92. The van der Waals surface area contributed by atoms with E-state index in [1.807, 2.05) is 28.8 Å². The quantitative estimate of drug-likeness (QED) is 0.603. The van der Waals surface area contributed by atoms with Crippen LogP contribution in [0.3, 0.4) is 0 Å². The lowest BCUT2D eigenvalue weighted by Gasteiger charge is -2.00. The Labute approximate surface area is 130 Å². The van der Waals surface area contributed by atoms with Crippen LogP contribution in [0.4, 0.5) is 0 Å². The lowest BCUT2D eigenvalue weighted by molar-refractivity contribution is 0.0697. The minimum absolute atomic E-state index is 0.302. The molecule has 2 aromatic heterocycles. The molecule has 4 nitrogen and oxygen atoms in total. The summed E-state index contributed by atoms with van der Waals surface area (Å²) in [7, 11) is 0. The summed E-state index contributed by atoms with van der Waals surface area (Å²) in [6, 6.07) is 13.3. The molecule has 0 aliphatic rings. The molecule has 4 rings (SSSR count). The largest absolute Gasteiger partial charge is 0.478 e. The first-order chi connectivity index (χ1) is 10.6. The molecule has 0 radical (unpaired) electrons. The first-order valence-electron chi connectivity index (χ1n) is 6.84. The number of fused-ring (bicyclic) bond motifs is 3. The van der Waals surface area contributed by atoms with Crippen molar-refractivity contribution in [3.8, 4) is 11.3 Å². The van der Waals surface area contributed by atoms with E-state index in [1.165, 1.54) is 16.9 Å². The number of carbonyl (C=O) groups is 1. The molecule has 4 aromatic rings. The van der Waals surface area contributed by atoms with Crippen molar-refractivity contribution in [2.75, 3.05) is 0 Å². The predicted octanol–water partition coefficient (Wildman–Crippen LogP) is 4.22. The molecule has 22 heavy (non-hydrogen) atoms. The van der Waals surface area contributed by atoms with Crippen LogP contribution in [0, 0.1) is 6.92 Å². The number of carboxylic acid groups (broad SMARTS) is 1. The molecule has 1 N–H and O–H groups in total. The first kappa shape index (κ1) is 13.0. The number of aryl methyl sites for hydroxylation is 1. The molecule has 0 amide bonds. The highest BCUT2D eigenvalue weighted by Crippen LogP contribution is 2.31. The van der Waals surface area contributed by atoms with Crippen LogP contribution in [0.25, 0.3) is 26.4 Å². The summed E-state index contributed by atoms with van der Waals surface area (Å²) < 4.78 is 2.95. The van der Waals surface area contributed by atoms with Gasteiger partial charge in [-0.2, -0.15) is 0 Å². The average molecular weight is 308 g/mol. The Kier molecular flexibility index (Phi) is 2.77. The third-order valence-corrected chi connectivity index (χ3v) is 4.78. The van der Waals surface area contributed by atoms with Crippen LogP contribution in [0.2, 0.25) is 0 Å². The monoisotopic (exact) mass is 308 g/mol. The second-order valence-electron chi connectivity index (χ2n) is 5.18. The average Bonchev–Trinajstić information content (AvgIpc) is 3.04. The molecule has 5 heteroatoms. The van der Waals surface area contributed by atoms with Gasteiger partial charge in [0.25, 0.3) is 0 Å². The Bertz CT molecular complexity index is 1030. The molecule has 0 saturated carbocycles. The van der Waals surface area contributed by atoms with E-state index in [2.05, 4.69) is 24.0 Å². The van der Waals surface area contributed by atoms with Crippen molar-refractivity contribution in [1.29, 1.82) is 0 Å². The Morgan fingerprint density at radius 1 is 1.23 bits per heavy atom. The number of rotatable bonds is 2. The fourth-order valence-corrected chi connectivity index (χ4v) is 3.67. The van der Waals surface area contributed by atoms with Gasteiger partial charge in [-0.3, -0.25) is 4.40 Å². The lowest BCUT2D eigenvalue weighted by atomic mass is 10.1. The van der Waals surface area contributed by atoms with Gasteiger partial charge in [-0.05, 0) is 30.7 Å². The summed E-state index contributed by atoms with van der Waals surface area (Å²) in [4.78, 5) is 16.6. The highest BCUT2D eigenvalue weighted by molar-refractivity contribution is 7.23. The van der Waals surface area contributed by atoms with Gasteiger partial charge in [0.1, 0.15) is 0 Å². The van der Waals surface area contributed by atoms with Gasteiger partial charge in [-0.1, -0.05) is 35.6 Å². The predicted molar refractivity (Wildman–Crippen MR) is 87.7 cm³/mol. The van der Waals surface area contributed by atoms with Crippen LogP contribution >= 0.6 is 11.3 Å². The van der Waals surface area contributed by atoms with Crippen LogP contribution in [-0.2, 0) is 0 Å². The maximum Gasteiger partial charge on any atom is 0.335 e. The molecule has 0 unspecified atom stereocenters. The molecule has 108 valence electrons. The molecule has 0 fully saturated rings. The molecule has 0 saturated heterocycles. The normalized spacial score (nSPS) is 11.3. The standard InChI is InChI=1S/C17H12N2O2S/c1-10-4-2-3-5-12(10)13-9-19-14-7-6-11(16(20)21)8-15(14)22-17(19)18-13/h2-9H,1H3,(H,20,21). The van der Waals surface area contributed by atoms with E-state index in [0.717, 1.165) is 26.4 Å². The minimum Gasteiger partial charge on any atom is -0.478 e.